The Morgan fingerprint density at radius 2 is 1.44 bits per heavy atom. The largest absolute Gasteiger partial charge is 0.508 e. The first-order valence-corrected chi connectivity index (χ1v) is 12.1. The standard InChI is InChI=1S/C29H31FN2O4/c1-18-23(10-5-11-26(18)30)27-24(28(35)19-6-3-8-21(33)14-19)16-32(13-12-31-2)17-25(27)29(36)20-7-4-9-22(34)15-20/h3-11,14-15,24-25,27,31,33-34H,12-13,16-17H2,1-2H3/t24-,25-/m0/s1. The van der Waals surface area contributed by atoms with Gasteiger partial charge in [0.15, 0.2) is 11.6 Å². The molecule has 1 aliphatic heterocycles. The predicted octanol–water partition coefficient (Wildman–Crippen LogP) is 4.16. The molecule has 1 saturated heterocycles. The highest BCUT2D eigenvalue weighted by molar-refractivity contribution is 6.02. The molecule has 3 N–H and O–H groups in total. The first kappa shape index (κ1) is 25.5. The van der Waals surface area contributed by atoms with Crippen LogP contribution in [-0.4, -0.2) is 59.9 Å². The average molecular weight is 491 g/mol. The van der Waals surface area contributed by atoms with Gasteiger partial charge < -0.3 is 20.4 Å². The number of likely N-dealkylation sites (tertiary alicyclic amines) is 1. The van der Waals surface area contributed by atoms with Gasteiger partial charge in [0.1, 0.15) is 17.3 Å². The number of carbonyl (C=O) groups is 2. The number of halogens is 1. The van der Waals surface area contributed by atoms with Gasteiger partial charge in [-0.2, -0.15) is 0 Å². The topological polar surface area (TPSA) is 89.9 Å². The number of phenolic OH excluding ortho intramolecular Hbond substituents is 2. The summed E-state index contributed by atoms with van der Waals surface area (Å²) < 4.78 is 14.7. The number of piperidine rings is 1. The van der Waals surface area contributed by atoms with E-state index in [4.69, 9.17) is 0 Å². The minimum atomic E-state index is -0.649. The number of rotatable bonds is 8. The Morgan fingerprint density at radius 3 is 1.94 bits per heavy atom. The van der Waals surface area contributed by atoms with Crippen LogP contribution < -0.4 is 5.32 Å². The van der Waals surface area contributed by atoms with Crippen LogP contribution in [0, 0.1) is 24.6 Å². The molecule has 0 unspecified atom stereocenters. The Labute approximate surface area is 210 Å². The Balaban J connectivity index is 1.85. The van der Waals surface area contributed by atoms with Crippen molar-refractivity contribution in [2.45, 2.75) is 12.8 Å². The third-order valence-electron chi connectivity index (χ3n) is 7.06. The number of nitrogens with zero attached hydrogens (tertiary/aromatic N) is 1. The molecule has 2 atom stereocenters. The number of nitrogens with one attached hydrogen (secondary N) is 1. The van der Waals surface area contributed by atoms with E-state index < -0.39 is 23.6 Å². The second-order valence-electron chi connectivity index (χ2n) is 9.39. The zero-order valence-corrected chi connectivity index (χ0v) is 20.4. The maximum absolute atomic E-state index is 14.7. The van der Waals surface area contributed by atoms with Gasteiger partial charge in [-0.1, -0.05) is 36.4 Å². The van der Waals surface area contributed by atoms with Gasteiger partial charge in [0.2, 0.25) is 0 Å². The summed E-state index contributed by atoms with van der Waals surface area (Å²) in [6.45, 7) is 3.74. The molecule has 0 spiro atoms. The smallest absolute Gasteiger partial charge is 0.167 e. The fraction of sp³-hybridized carbons (Fsp3) is 0.310. The molecule has 36 heavy (non-hydrogen) atoms. The van der Waals surface area contributed by atoms with Crippen molar-refractivity contribution in [1.29, 1.82) is 0 Å². The van der Waals surface area contributed by atoms with Gasteiger partial charge in [0.25, 0.3) is 0 Å². The lowest BCUT2D eigenvalue weighted by Gasteiger charge is -2.43. The first-order valence-electron chi connectivity index (χ1n) is 12.1. The van der Waals surface area contributed by atoms with E-state index in [0.29, 0.717) is 48.4 Å². The van der Waals surface area contributed by atoms with Gasteiger partial charge >= 0.3 is 0 Å². The lowest BCUT2D eigenvalue weighted by atomic mass is 9.68. The number of hydrogen-bond acceptors (Lipinski definition) is 6. The van der Waals surface area contributed by atoms with Crippen molar-refractivity contribution in [3.8, 4) is 11.5 Å². The Morgan fingerprint density at radius 1 is 0.917 bits per heavy atom. The molecular formula is C29H31FN2O4. The van der Waals surface area contributed by atoms with Crippen LogP contribution in [0.5, 0.6) is 11.5 Å². The molecule has 0 bridgehead atoms. The zero-order valence-electron chi connectivity index (χ0n) is 20.4. The minimum Gasteiger partial charge on any atom is -0.508 e. The molecule has 0 aromatic heterocycles. The van der Waals surface area contributed by atoms with E-state index in [1.165, 1.54) is 30.3 Å². The lowest BCUT2D eigenvalue weighted by Crippen LogP contribution is -2.51. The highest BCUT2D eigenvalue weighted by Crippen LogP contribution is 2.42. The summed E-state index contributed by atoms with van der Waals surface area (Å²) in [6.07, 6.45) is 0. The van der Waals surface area contributed by atoms with E-state index in [0.717, 1.165) is 0 Å². The summed E-state index contributed by atoms with van der Waals surface area (Å²) in [4.78, 5) is 29.9. The van der Waals surface area contributed by atoms with Crippen molar-refractivity contribution in [1.82, 2.24) is 10.2 Å². The third-order valence-corrected chi connectivity index (χ3v) is 7.06. The minimum absolute atomic E-state index is 0.0189. The maximum Gasteiger partial charge on any atom is 0.167 e. The number of hydrogen-bond donors (Lipinski definition) is 3. The summed E-state index contributed by atoms with van der Waals surface area (Å²) >= 11 is 0. The summed E-state index contributed by atoms with van der Waals surface area (Å²) in [7, 11) is 1.84. The number of Topliss-reactive ketones (excluding diaryl/α,β-unsaturated/α-hetero) is 2. The van der Waals surface area contributed by atoms with Crippen molar-refractivity contribution in [2.75, 3.05) is 33.2 Å². The van der Waals surface area contributed by atoms with Crippen LogP contribution in [0.1, 0.15) is 37.8 Å². The molecule has 3 aromatic carbocycles. The van der Waals surface area contributed by atoms with E-state index in [9.17, 15) is 24.2 Å². The number of ketones is 2. The Hall–Kier alpha value is -3.55. The lowest BCUT2D eigenvalue weighted by molar-refractivity contribution is 0.0574. The van der Waals surface area contributed by atoms with E-state index >= 15 is 0 Å². The number of phenols is 2. The highest BCUT2D eigenvalue weighted by Gasteiger charge is 2.45. The van der Waals surface area contributed by atoms with Crippen LogP contribution in [0.25, 0.3) is 0 Å². The number of benzene rings is 3. The van der Waals surface area contributed by atoms with Crippen LogP contribution in [0.3, 0.4) is 0 Å². The van der Waals surface area contributed by atoms with Gasteiger partial charge in [0, 0.05) is 55.1 Å². The molecule has 6 nitrogen and oxygen atoms in total. The van der Waals surface area contributed by atoms with Crippen molar-refractivity contribution in [3.63, 3.8) is 0 Å². The van der Waals surface area contributed by atoms with E-state index in [2.05, 4.69) is 10.2 Å². The van der Waals surface area contributed by atoms with Crippen molar-refractivity contribution in [2.24, 2.45) is 11.8 Å². The molecule has 1 heterocycles. The molecular weight excluding hydrogens is 459 g/mol. The van der Waals surface area contributed by atoms with E-state index in [1.54, 1.807) is 43.3 Å². The molecule has 4 rings (SSSR count). The van der Waals surface area contributed by atoms with Gasteiger partial charge in [-0.15, -0.1) is 0 Å². The van der Waals surface area contributed by atoms with Crippen molar-refractivity contribution < 1.29 is 24.2 Å². The molecule has 188 valence electrons. The van der Waals surface area contributed by atoms with Crippen LogP contribution in [0.2, 0.25) is 0 Å². The summed E-state index contributed by atoms with van der Waals surface area (Å²) in [5.41, 5.74) is 1.73. The zero-order chi connectivity index (χ0) is 25.8. The molecule has 0 amide bonds. The van der Waals surface area contributed by atoms with Crippen molar-refractivity contribution >= 4 is 11.6 Å². The molecule has 3 aromatic rings. The van der Waals surface area contributed by atoms with E-state index in [1.807, 2.05) is 7.05 Å². The average Bonchev–Trinajstić information content (AvgIpc) is 2.88. The van der Waals surface area contributed by atoms with Gasteiger partial charge in [-0.3, -0.25) is 9.59 Å². The fourth-order valence-corrected chi connectivity index (χ4v) is 5.25. The van der Waals surface area contributed by atoms with Crippen LogP contribution in [-0.2, 0) is 0 Å². The quantitative estimate of drug-likeness (QED) is 0.411. The molecule has 0 aliphatic carbocycles. The molecule has 0 radical (unpaired) electrons. The third kappa shape index (κ3) is 5.32. The van der Waals surface area contributed by atoms with Crippen LogP contribution in [0.4, 0.5) is 4.39 Å². The Kier molecular flexibility index (Phi) is 7.82. The Bertz CT molecular complexity index is 1190. The van der Waals surface area contributed by atoms with Gasteiger partial charge in [-0.05, 0) is 55.4 Å². The van der Waals surface area contributed by atoms with E-state index in [-0.39, 0.29) is 23.1 Å². The van der Waals surface area contributed by atoms with Gasteiger partial charge in [0.05, 0.1) is 0 Å². The fourth-order valence-electron chi connectivity index (χ4n) is 5.25. The van der Waals surface area contributed by atoms with Crippen LogP contribution >= 0.6 is 0 Å². The number of aromatic hydroxyl groups is 2. The highest BCUT2D eigenvalue weighted by atomic mass is 19.1. The SMILES string of the molecule is CNCCN1C[C@H](C(=O)c2cccc(O)c2)C(c2cccc(F)c2C)[C@@H](C(=O)c2cccc(O)c2)C1. The number of likely N-dealkylation sites (N-methyl/N-ethyl adjacent to an activating group) is 1. The second-order valence-corrected chi connectivity index (χ2v) is 9.39. The van der Waals surface area contributed by atoms with Gasteiger partial charge in [-0.25, -0.2) is 4.39 Å². The molecule has 1 fully saturated rings. The first-order chi connectivity index (χ1) is 17.3. The molecule has 1 aliphatic rings. The summed E-state index contributed by atoms with van der Waals surface area (Å²) in [5, 5.41) is 23.1. The van der Waals surface area contributed by atoms with Crippen LogP contribution in [0.15, 0.2) is 66.7 Å². The molecule has 7 heteroatoms. The predicted molar refractivity (Wildman–Crippen MR) is 136 cm³/mol. The van der Waals surface area contributed by atoms with Crippen molar-refractivity contribution in [3.05, 3.63) is 94.8 Å². The summed E-state index contributed by atoms with van der Waals surface area (Å²) in [5.74, 6) is -2.73. The molecule has 0 saturated carbocycles. The number of carbonyl (C=O) groups excluding carboxylic acids is 2. The maximum atomic E-state index is 14.7. The second kappa shape index (κ2) is 11.0. The summed E-state index contributed by atoms with van der Waals surface area (Å²) in [6, 6.07) is 17.1. The monoisotopic (exact) mass is 490 g/mol. The normalized spacial score (nSPS) is 18.8.